The quantitative estimate of drug-likeness (QED) is 0.662. The second kappa shape index (κ2) is 11.0. The third kappa shape index (κ3) is 7.18. The Labute approximate surface area is 157 Å². The summed E-state index contributed by atoms with van der Waals surface area (Å²) in [6, 6.07) is 9.95. The number of amides is 1. The first kappa shape index (κ1) is 22.2. The van der Waals surface area contributed by atoms with Crippen molar-refractivity contribution in [3.8, 4) is 0 Å². The van der Waals surface area contributed by atoms with E-state index in [0.29, 0.717) is 6.61 Å². The number of hydrogen-bond donors (Lipinski definition) is 1. The van der Waals surface area contributed by atoms with Crippen molar-refractivity contribution in [2.24, 2.45) is 5.92 Å². The molecule has 146 valence electrons. The summed E-state index contributed by atoms with van der Waals surface area (Å²) in [7, 11) is 0. The van der Waals surface area contributed by atoms with Gasteiger partial charge in [-0.15, -0.1) is 0 Å². The van der Waals surface area contributed by atoms with Crippen molar-refractivity contribution in [2.75, 3.05) is 0 Å². The third-order valence-corrected chi connectivity index (χ3v) is 4.25. The fourth-order valence-electron chi connectivity index (χ4n) is 2.74. The summed E-state index contributed by atoms with van der Waals surface area (Å²) < 4.78 is 11.0. The van der Waals surface area contributed by atoms with Gasteiger partial charge in [-0.2, -0.15) is 0 Å². The van der Waals surface area contributed by atoms with E-state index in [0.717, 1.165) is 5.56 Å². The number of carbonyl (C=O) groups is 1. The standard InChI is InChI=1S/C21H33NO4/c1-15(2)22(16(3)4)21(24)25-13-12-17(5)20(23)18(6)26-14-19-10-8-7-9-11-19/h7-13,15-18,20,23H,14H2,1-6H3/b13-12+/t17-,18-,20-/m0/s1. The number of hydrogen-bond acceptors (Lipinski definition) is 4. The van der Waals surface area contributed by atoms with Gasteiger partial charge in [-0.05, 0) is 46.3 Å². The minimum Gasteiger partial charge on any atom is -0.418 e. The fraction of sp³-hybridized carbons (Fsp3) is 0.571. The van der Waals surface area contributed by atoms with E-state index in [1.54, 1.807) is 11.0 Å². The highest BCUT2D eigenvalue weighted by atomic mass is 16.5. The van der Waals surface area contributed by atoms with Crippen LogP contribution in [0, 0.1) is 5.92 Å². The molecule has 1 aromatic carbocycles. The van der Waals surface area contributed by atoms with Gasteiger partial charge in [-0.25, -0.2) is 4.79 Å². The van der Waals surface area contributed by atoms with E-state index in [4.69, 9.17) is 9.47 Å². The predicted molar refractivity (Wildman–Crippen MR) is 104 cm³/mol. The van der Waals surface area contributed by atoms with Gasteiger partial charge in [-0.3, -0.25) is 0 Å². The van der Waals surface area contributed by atoms with E-state index in [1.165, 1.54) is 6.26 Å². The van der Waals surface area contributed by atoms with E-state index >= 15 is 0 Å². The molecule has 0 aliphatic rings. The summed E-state index contributed by atoms with van der Waals surface area (Å²) >= 11 is 0. The highest BCUT2D eigenvalue weighted by Crippen LogP contribution is 2.14. The van der Waals surface area contributed by atoms with Crippen LogP contribution < -0.4 is 0 Å². The van der Waals surface area contributed by atoms with Gasteiger partial charge < -0.3 is 19.5 Å². The Bertz CT molecular complexity index is 548. The molecular formula is C21H33NO4. The second-order valence-corrected chi connectivity index (χ2v) is 7.16. The molecule has 3 atom stereocenters. The zero-order chi connectivity index (χ0) is 19.7. The third-order valence-electron chi connectivity index (χ3n) is 4.25. The molecule has 1 rings (SSSR count). The summed E-state index contributed by atoms with van der Waals surface area (Å²) in [5.74, 6) is -0.208. The van der Waals surface area contributed by atoms with Crippen LogP contribution in [0.1, 0.15) is 47.1 Å². The Kier molecular flexibility index (Phi) is 9.38. The van der Waals surface area contributed by atoms with Gasteiger partial charge in [0.2, 0.25) is 0 Å². The molecule has 0 aliphatic carbocycles. The molecule has 0 saturated carbocycles. The predicted octanol–water partition coefficient (Wildman–Crippen LogP) is 4.36. The first-order chi connectivity index (χ1) is 12.2. The highest BCUT2D eigenvalue weighted by Gasteiger charge is 2.22. The number of ether oxygens (including phenoxy) is 2. The molecule has 0 fully saturated rings. The Hall–Kier alpha value is -1.85. The van der Waals surface area contributed by atoms with Crippen molar-refractivity contribution in [3.63, 3.8) is 0 Å². The molecule has 0 bridgehead atoms. The first-order valence-electron chi connectivity index (χ1n) is 9.23. The molecule has 0 aliphatic heterocycles. The molecule has 0 aromatic heterocycles. The molecule has 0 heterocycles. The summed E-state index contributed by atoms with van der Waals surface area (Å²) in [5.41, 5.74) is 1.06. The van der Waals surface area contributed by atoms with Crippen molar-refractivity contribution in [1.29, 1.82) is 0 Å². The lowest BCUT2D eigenvalue weighted by molar-refractivity contribution is -0.0490. The van der Waals surface area contributed by atoms with Gasteiger partial charge in [0.15, 0.2) is 0 Å². The van der Waals surface area contributed by atoms with Gasteiger partial charge in [0.05, 0.1) is 25.1 Å². The molecule has 1 N–H and O–H groups in total. The fourth-order valence-corrected chi connectivity index (χ4v) is 2.74. The van der Waals surface area contributed by atoms with Crippen molar-refractivity contribution in [1.82, 2.24) is 4.90 Å². The summed E-state index contributed by atoms with van der Waals surface area (Å²) in [6.45, 7) is 11.9. The Morgan fingerprint density at radius 1 is 1.08 bits per heavy atom. The molecule has 1 aromatic rings. The number of rotatable bonds is 9. The van der Waals surface area contributed by atoms with Gasteiger partial charge in [0, 0.05) is 18.0 Å². The topological polar surface area (TPSA) is 59.0 Å². The number of nitrogens with zero attached hydrogens (tertiary/aromatic N) is 1. The van der Waals surface area contributed by atoms with Crippen LogP contribution in [0.5, 0.6) is 0 Å². The van der Waals surface area contributed by atoms with Crippen molar-refractivity contribution in [2.45, 2.75) is 72.4 Å². The zero-order valence-electron chi connectivity index (χ0n) is 16.8. The summed E-state index contributed by atoms with van der Waals surface area (Å²) in [4.78, 5) is 13.8. The average Bonchev–Trinajstić information content (AvgIpc) is 2.59. The lowest BCUT2D eigenvalue weighted by Gasteiger charge is -2.29. The number of carbonyl (C=O) groups excluding carboxylic acids is 1. The van der Waals surface area contributed by atoms with Gasteiger partial charge in [0.1, 0.15) is 0 Å². The van der Waals surface area contributed by atoms with E-state index in [2.05, 4.69) is 0 Å². The normalized spacial score (nSPS) is 15.3. The molecule has 0 radical (unpaired) electrons. The maximum Gasteiger partial charge on any atom is 0.415 e. The largest absolute Gasteiger partial charge is 0.418 e. The van der Waals surface area contributed by atoms with Gasteiger partial charge in [-0.1, -0.05) is 37.3 Å². The number of benzene rings is 1. The maximum atomic E-state index is 12.1. The molecular weight excluding hydrogens is 330 g/mol. The van der Waals surface area contributed by atoms with Crippen molar-refractivity contribution < 1.29 is 19.4 Å². The molecule has 0 unspecified atom stereocenters. The zero-order valence-corrected chi connectivity index (χ0v) is 16.8. The average molecular weight is 363 g/mol. The second-order valence-electron chi connectivity index (χ2n) is 7.16. The Balaban J connectivity index is 2.48. The van der Waals surface area contributed by atoms with Crippen LogP contribution in [0.25, 0.3) is 0 Å². The minimum absolute atomic E-state index is 0.0605. The van der Waals surface area contributed by atoms with Crippen molar-refractivity contribution >= 4 is 6.09 Å². The first-order valence-corrected chi connectivity index (χ1v) is 9.23. The Morgan fingerprint density at radius 3 is 2.19 bits per heavy atom. The van der Waals surface area contributed by atoms with Crippen LogP contribution in [0.3, 0.4) is 0 Å². The smallest absolute Gasteiger partial charge is 0.415 e. The summed E-state index contributed by atoms with van der Waals surface area (Å²) in [6.07, 6.45) is 1.62. The van der Waals surface area contributed by atoms with Crippen LogP contribution in [-0.4, -0.2) is 40.4 Å². The molecule has 5 heteroatoms. The Morgan fingerprint density at radius 2 is 1.65 bits per heavy atom. The lowest BCUT2D eigenvalue weighted by atomic mass is 10.0. The van der Waals surface area contributed by atoms with E-state index in [9.17, 15) is 9.90 Å². The van der Waals surface area contributed by atoms with E-state index in [1.807, 2.05) is 71.9 Å². The number of aliphatic hydroxyl groups is 1. The van der Waals surface area contributed by atoms with Crippen LogP contribution in [0.2, 0.25) is 0 Å². The SMILES string of the molecule is CC(C)N(C(=O)O/C=C/[C@H](C)[C@H](O)[C@H](C)OCc1ccccc1)C(C)C. The lowest BCUT2D eigenvalue weighted by Crippen LogP contribution is -2.41. The molecule has 5 nitrogen and oxygen atoms in total. The number of aliphatic hydroxyl groups excluding tert-OH is 1. The minimum atomic E-state index is -0.694. The van der Waals surface area contributed by atoms with Crippen LogP contribution in [0.15, 0.2) is 42.7 Å². The molecule has 26 heavy (non-hydrogen) atoms. The van der Waals surface area contributed by atoms with Crippen LogP contribution in [-0.2, 0) is 16.1 Å². The van der Waals surface area contributed by atoms with E-state index in [-0.39, 0.29) is 30.2 Å². The van der Waals surface area contributed by atoms with Crippen molar-refractivity contribution in [3.05, 3.63) is 48.2 Å². The van der Waals surface area contributed by atoms with Gasteiger partial charge in [0.25, 0.3) is 0 Å². The van der Waals surface area contributed by atoms with Gasteiger partial charge >= 0.3 is 6.09 Å². The molecule has 1 amide bonds. The van der Waals surface area contributed by atoms with E-state index < -0.39 is 6.10 Å². The molecule has 0 spiro atoms. The van der Waals surface area contributed by atoms with Crippen LogP contribution >= 0.6 is 0 Å². The van der Waals surface area contributed by atoms with Crippen LogP contribution in [0.4, 0.5) is 4.79 Å². The summed E-state index contributed by atoms with van der Waals surface area (Å²) in [5, 5.41) is 10.4. The monoisotopic (exact) mass is 363 g/mol. The molecule has 0 saturated heterocycles. The maximum absolute atomic E-state index is 12.1. The highest BCUT2D eigenvalue weighted by molar-refractivity contribution is 5.68.